The first kappa shape index (κ1) is 30.1. The highest BCUT2D eigenvalue weighted by atomic mass is 35.5. The lowest BCUT2D eigenvalue weighted by Gasteiger charge is -2.19. The SMILES string of the molecule is COC(=O)Nc1ccc2c(c1)NC(=O)[C@@H](C)CCC[C@H](NC(=O)/C=C/c1cc(Cl)ccc1N(N)/C=N\N)c1nc-2c[nH]1. The molecule has 0 saturated carbocycles. The van der Waals surface area contributed by atoms with Gasteiger partial charge >= 0.3 is 6.09 Å². The number of fused-ring (bicyclic) bond motifs is 4. The Hall–Kier alpha value is -4.88. The molecular formula is C28H32ClN9O4. The van der Waals surface area contributed by atoms with Crippen molar-refractivity contribution in [1.29, 1.82) is 0 Å². The van der Waals surface area contributed by atoms with E-state index in [1.165, 1.54) is 24.5 Å². The van der Waals surface area contributed by atoms with Crippen LogP contribution in [0.4, 0.5) is 21.9 Å². The van der Waals surface area contributed by atoms with Crippen LogP contribution >= 0.6 is 11.6 Å². The second kappa shape index (κ2) is 13.7. The van der Waals surface area contributed by atoms with E-state index in [-0.39, 0.29) is 17.7 Å². The molecule has 42 heavy (non-hydrogen) atoms. The molecule has 220 valence electrons. The van der Waals surface area contributed by atoms with Gasteiger partial charge in [0.25, 0.3) is 0 Å². The van der Waals surface area contributed by atoms with Crippen LogP contribution in [0.15, 0.2) is 53.8 Å². The topological polar surface area (TPSA) is 193 Å². The lowest BCUT2D eigenvalue weighted by Crippen LogP contribution is -2.30. The third-order valence-electron chi connectivity index (χ3n) is 6.68. The van der Waals surface area contributed by atoms with Crippen LogP contribution in [0.3, 0.4) is 0 Å². The third-order valence-corrected chi connectivity index (χ3v) is 6.92. The molecule has 2 heterocycles. The lowest BCUT2D eigenvalue weighted by molar-refractivity contribution is -0.120. The van der Waals surface area contributed by atoms with E-state index in [0.717, 1.165) is 0 Å². The van der Waals surface area contributed by atoms with Gasteiger partial charge in [-0.2, -0.15) is 5.10 Å². The van der Waals surface area contributed by atoms with Crippen molar-refractivity contribution in [3.8, 4) is 11.3 Å². The maximum absolute atomic E-state index is 13.1. The molecule has 2 aromatic carbocycles. The predicted octanol–water partition coefficient (Wildman–Crippen LogP) is 4.12. The van der Waals surface area contributed by atoms with Crippen LogP contribution in [-0.4, -0.2) is 41.3 Å². The fourth-order valence-corrected chi connectivity index (χ4v) is 4.66. The molecule has 0 aliphatic carbocycles. The van der Waals surface area contributed by atoms with Gasteiger partial charge < -0.3 is 26.2 Å². The summed E-state index contributed by atoms with van der Waals surface area (Å²) < 4.78 is 4.67. The number of hydrazone groups is 1. The Bertz CT molecular complexity index is 1520. The Kier molecular flexibility index (Phi) is 9.78. The molecule has 0 unspecified atom stereocenters. The number of carbonyl (C=O) groups excluding carboxylic acids is 3. The van der Waals surface area contributed by atoms with Crippen LogP contribution in [0.2, 0.25) is 5.02 Å². The number of H-pyrrole nitrogens is 1. The molecule has 1 aliphatic heterocycles. The number of hydrogen-bond acceptors (Lipinski definition) is 8. The van der Waals surface area contributed by atoms with Gasteiger partial charge in [-0.1, -0.05) is 24.9 Å². The molecule has 0 spiro atoms. The Balaban J connectivity index is 1.60. The van der Waals surface area contributed by atoms with E-state index in [9.17, 15) is 14.4 Å². The Labute approximate surface area is 247 Å². The molecule has 0 fully saturated rings. The average Bonchev–Trinajstić information content (AvgIpc) is 3.45. The summed E-state index contributed by atoms with van der Waals surface area (Å²) >= 11 is 6.16. The monoisotopic (exact) mass is 593 g/mol. The molecular weight excluding hydrogens is 562 g/mol. The van der Waals surface area contributed by atoms with Gasteiger partial charge in [-0.3, -0.25) is 19.9 Å². The number of aromatic amines is 1. The fourth-order valence-electron chi connectivity index (χ4n) is 4.48. The summed E-state index contributed by atoms with van der Waals surface area (Å²) in [5, 5.41) is 13.7. The van der Waals surface area contributed by atoms with Crippen LogP contribution < -0.4 is 32.6 Å². The number of rotatable bonds is 6. The van der Waals surface area contributed by atoms with Crippen molar-refractivity contribution in [2.75, 3.05) is 22.8 Å². The molecule has 0 radical (unpaired) electrons. The van der Waals surface area contributed by atoms with Gasteiger partial charge in [-0.05, 0) is 55.3 Å². The molecule has 13 nitrogen and oxygen atoms in total. The van der Waals surface area contributed by atoms with Gasteiger partial charge in [-0.25, -0.2) is 15.6 Å². The maximum atomic E-state index is 13.1. The molecule has 2 atom stereocenters. The maximum Gasteiger partial charge on any atom is 0.411 e. The number of halogens is 1. The Morgan fingerprint density at radius 3 is 2.81 bits per heavy atom. The smallest absolute Gasteiger partial charge is 0.411 e. The number of hydrogen-bond donors (Lipinski definition) is 6. The Morgan fingerprint density at radius 1 is 1.24 bits per heavy atom. The standard InChI is InChI=1S/C28H32ClN9O4/c1-16-4-3-5-21(35-25(39)11-6-17-12-18(29)7-10-24(17)38(31)15-33-30)26-32-14-23(36-26)20-9-8-19(34-28(41)42-2)13-22(20)37-27(16)40/h6-16,21H,3-5,30-31H2,1-2H3,(H,32,36)(H,34,41)(H,35,39)(H,37,40)/b11-6+,33-15-/t16-,21-/m0/s1. The van der Waals surface area contributed by atoms with Crippen LogP contribution in [0.1, 0.15) is 43.6 Å². The summed E-state index contributed by atoms with van der Waals surface area (Å²) in [7, 11) is 1.27. The molecule has 1 aromatic heterocycles. The number of methoxy groups -OCH3 is 1. The van der Waals surface area contributed by atoms with Crippen molar-refractivity contribution in [3.63, 3.8) is 0 Å². The summed E-state index contributed by atoms with van der Waals surface area (Å²) in [6, 6.07) is 9.62. The number of nitrogens with one attached hydrogen (secondary N) is 4. The summed E-state index contributed by atoms with van der Waals surface area (Å²) in [5.41, 5.74) is 3.24. The highest BCUT2D eigenvalue weighted by Crippen LogP contribution is 2.33. The minimum absolute atomic E-state index is 0.169. The van der Waals surface area contributed by atoms with Gasteiger partial charge in [0.15, 0.2) is 0 Å². The molecule has 3 aromatic rings. The van der Waals surface area contributed by atoms with E-state index in [1.807, 2.05) is 6.92 Å². The molecule has 0 saturated heterocycles. The number of benzene rings is 2. The first-order chi connectivity index (χ1) is 20.2. The number of amides is 3. The Morgan fingerprint density at radius 2 is 2.05 bits per heavy atom. The van der Waals surface area contributed by atoms with E-state index in [4.69, 9.17) is 28.3 Å². The van der Waals surface area contributed by atoms with Crippen molar-refractivity contribution in [3.05, 3.63) is 65.1 Å². The van der Waals surface area contributed by atoms with Crippen molar-refractivity contribution >= 4 is 59.0 Å². The molecule has 3 amide bonds. The first-order valence-electron chi connectivity index (χ1n) is 13.1. The van der Waals surface area contributed by atoms with E-state index in [2.05, 4.69) is 30.8 Å². The van der Waals surface area contributed by atoms with Gasteiger partial charge in [0.05, 0.1) is 30.2 Å². The van der Waals surface area contributed by atoms with Crippen molar-refractivity contribution < 1.29 is 19.1 Å². The van der Waals surface area contributed by atoms with E-state index in [0.29, 0.717) is 64.0 Å². The van der Waals surface area contributed by atoms with Gasteiger partial charge in [0.2, 0.25) is 11.8 Å². The quantitative estimate of drug-likeness (QED) is 0.0807. The summed E-state index contributed by atoms with van der Waals surface area (Å²) in [4.78, 5) is 45.7. The van der Waals surface area contributed by atoms with E-state index < -0.39 is 12.1 Å². The number of ether oxygens (including phenoxy) is 1. The summed E-state index contributed by atoms with van der Waals surface area (Å²) in [6.45, 7) is 1.84. The normalized spacial score (nSPS) is 17.1. The first-order valence-corrected chi connectivity index (χ1v) is 13.5. The number of nitrogens with zero attached hydrogens (tertiary/aromatic N) is 3. The number of hydrazine groups is 1. The largest absolute Gasteiger partial charge is 0.453 e. The highest BCUT2D eigenvalue weighted by molar-refractivity contribution is 6.30. The zero-order chi connectivity index (χ0) is 30.2. The minimum atomic E-state index is -0.631. The third kappa shape index (κ3) is 7.44. The second-order valence-electron chi connectivity index (χ2n) is 9.64. The average molecular weight is 594 g/mol. The van der Waals surface area contributed by atoms with Crippen LogP contribution in [0.25, 0.3) is 17.3 Å². The van der Waals surface area contributed by atoms with Gasteiger partial charge in [0.1, 0.15) is 12.2 Å². The van der Waals surface area contributed by atoms with E-state index in [1.54, 1.807) is 48.7 Å². The molecule has 2 bridgehead atoms. The number of imidazole rings is 1. The summed E-state index contributed by atoms with van der Waals surface area (Å²) in [6.07, 6.45) is 7.05. The van der Waals surface area contributed by atoms with Crippen molar-refractivity contribution in [2.45, 2.75) is 32.2 Å². The molecule has 4 rings (SSSR count). The fraction of sp³-hybridized carbons (Fsp3) is 0.250. The number of anilines is 3. The zero-order valence-electron chi connectivity index (χ0n) is 23.1. The van der Waals surface area contributed by atoms with Gasteiger partial charge in [0, 0.05) is 40.0 Å². The van der Waals surface area contributed by atoms with E-state index >= 15 is 0 Å². The number of carbonyl (C=O) groups is 3. The number of nitrogens with two attached hydrogens (primary N) is 2. The predicted molar refractivity (Wildman–Crippen MR) is 162 cm³/mol. The van der Waals surface area contributed by atoms with Gasteiger partial charge in [-0.15, -0.1) is 0 Å². The molecule has 8 N–H and O–H groups in total. The molecule has 1 aliphatic rings. The van der Waals surface area contributed by atoms with Crippen LogP contribution in [0, 0.1) is 5.92 Å². The highest BCUT2D eigenvalue weighted by Gasteiger charge is 2.23. The van der Waals surface area contributed by atoms with Crippen LogP contribution in [-0.2, 0) is 14.3 Å². The second-order valence-corrected chi connectivity index (χ2v) is 10.1. The van der Waals surface area contributed by atoms with Crippen LogP contribution in [0.5, 0.6) is 0 Å². The van der Waals surface area contributed by atoms with Crippen molar-refractivity contribution in [2.24, 2.45) is 22.7 Å². The minimum Gasteiger partial charge on any atom is -0.453 e. The molecule has 14 heteroatoms. The number of aromatic nitrogens is 2. The zero-order valence-corrected chi connectivity index (χ0v) is 23.8. The van der Waals surface area contributed by atoms with Crippen molar-refractivity contribution in [1.82, 2.24) is 15.3 Å². The summed E-state index contributed by atoms with van der Waals surface area (Å²) in [5.74, 6) is 10.9. The lowest BCUT2D eigenvalue weighted by atomic mass is 9.99.